The van der Waals surface area contributed by atoms with E-state index in [1.165, 1.54) is 148 Å². The lowest BCUT2D eigenvalue weighted by atomic mass is 9.99. The molecule has 1 aliphatic heterocycles. The van der Waals surface area contributed by atoms with Gasteiger partial charge in [0.1, 0.15) is 24.4 Å². The van der Waals surface area contributed by atoms with Crippen LogP contribution in [-0.2, 0) is 14.3 Å². The number of hydrogen-bond acceptors (Lipinski definition) is 8. The fourth-order valence-corrected chi connectivity index (χ4v) is 8.77. The van der Waals surface area contributed by atoms with Crippen LogP contribution in [0.2, 0.25) is 0 Å². The zero-order valence-corrected chi connectivity index (χ0v) is 44.3. The highest BCUT2D eigenvalue weighted by Crippen LogP contribution is 2.23. The van der Waals surface area contributed by atoms with Crippen LogP contribution in [0, 0.1) is 0 Å². The van der Waals surface area contributed by atoms with Crippen molar-refractivity contribution in [1.29, 1.82) is 0 Å². The molecule has 0 bridgehead atoms. The minimum atomic E-state index is -1.58. The average molecular weight is 971 g/mol. The lowest BCUT2D eigenvalue weighted by molar-refractivity contribution is -0.302. The zero-order valence-electron chi connectivity index (χ0n) is 44.3. The Labute approximate surface area is 423 Å². The van der Waals surface area contributed by atoms with E-state index in [1.54, 1.807) is 6.08 Å². The third-order valence-corrected chi connectivity index (χ3v) is 13.3. The average Bonchev–Trinajstić information content (AvgIpc) is 3.35. The molecule has 0 saturated carbocycles. The van der Waals surface area contributed by atoms with Gasteiger partial charge in [0.05, 0.1) is 25.4 Å². The van der Waals surface area contributed by atoms with Gasteiger partial charge in [0.2, 0.25) is 5.91 Å². The molecule has 7 unspecified atom stereocenters. The largest absolute Gasteiger partial charge is 0.394 e. The molecule has 0 aliphatic carbocycles. The second-order valence-corrected chi connectivity index (χ2v) is 19.7. The molecule has 0 aromatic carbocycles. The van der Waals surface area contributed by atoms with Crippen molar-refractivity contribution >= 4 is 5.91 Å². The molecular weight excluding hydrogens is 863 g/mol. The number of carbonyl (C=O) groups is 1. The lowest BCUT2D eigenvalue weighted by Crippen LogP contribution is -2.60. The predicted octanol–water partition coefficient (Wildman–Crippen LogP) is 14.1. The fourth-order valence-electron chi connectivity index (χ4n) is 8.77. The van der Waals surface area contributed by atoms with Gasteiger partial charge >= 0.3 is 0 Å². The first-order valence-corrected chi connectivity index (χ1v) is 28.7. The Balaban J connectivity index is 2.25. The minimum absolute atomic E-state index is 0.205. The van der Waals surface area contributed by atoms with E-state index in [2.05, 4.69) is 79.9 Å². The van der Waals surface area contributed by atoms with Gasteiger partial charge in [0, 0.05) is 6.42 Å². The molecule has 0 aromatic rings. The molecule has 0 aromatic heterocycles. The van der Waals surface area contributed by atoms with Crippen LogP contribution < -0.4 is 5.32 Å². The van der Waals surface area contributed by atoms with E-state index in [0.717, 1.165) is 70.6 Å². The summed E-state index contributed by atoms with van der Waals surface area (Å²) >= 11 is 0. The van der Waals surface area contributed by atoms with E-state index in [4.69, 9.17) is 9.47 Å². The van der Waals surface area contributed by atoms with Gasteiger partial charge in [-0.15, -0.1) is 0 Å². The highest BCUT2D eigenvalue weighted by atomic mass is 16.7. The van der Waals surface area contributed by atoms with Gasteiger partial charge in [0.15, 0.2) is 6.29 Å². The first kappa shape index (κ1) is 64.6. The normalized spacial score (nSPS) is 20.0. The summed E-state index contributed by atoms with van der Waals surface area (Å²) in [4.78, 5) is 13.0. The number of carbonyl (C=O) groups excluding carboxylic acids is 1. The van der Waals surface area contributed by atoms with Crippen LogP contribution in [0.1, 0.15) is 245 Å². The maximum Gasteiger partial charge on any atom is 0.220 e. The molecule has 1 fully saturated rings. The van der Waals surface area contributed by atoms with E-state index in [9.17, 15) is 30.3 Å². The first-order chi connectivity index (χ1) is 33.8. The minimum Gasteiger partial charge on any atom is -0.394 e. The molecule has 9 heteroatoms. The number of rotatable bonds is 48. The van der Waals surface area contributed by atoms with Crippen molar-refractivity contribution in [3.63, 3.8) is 0 Å². The topological polar surface area (TPSA) is 149 Å². The van der Waals surface area contributed by atoms with Crippen molar-refractivity contribution in [2.75, 3.05) is 13.2 Å². The molecule has 6 N–H and O–H groups in total. The highest BCUT2D eigenvalue weighted by molar-refractivity contribution is 5.76. The molecule has 0 spiro atoms. The van der Waals surface area contributed by atoms with Crippen molar-refractivity contribution in [2.45, 2.75) is 288 Å². The molecule has 9 nitrogen and oxygen atoms in total. The number of aliphatic hydroxyl groups is 5. The van der Waals surface area contributed by atoms with Crippen molar-refractivity contribution in [3.05, 3.63) is 72.9 Å². The Kier molecular flexibility index (Phi) is 46.1. The third-order valence-electron chi connectivity index (χ3n) is 13.3. The van der Waals surface area contributed by atoms with Crippen LogP contribution >= 0.6 is 0 Å². The SMILES string of the molecule is CC/C=C\C/C=C\C/C=C\C/C=C\C/C=C\CCCCCC(=O)NC(COC1OC(CO)C(O)C(O)C1O)C(O)/C=C/CCCCCCCCCCCCCCCCCCCCCCCCCCC. The van der Waals surface area contributed by atoms with Gasteiger partial charge in [-0.25, -0.2) is 0 Å². The number of ether oxygens (including phenoxy) is 2. The van der Waals surface area contributed by atoms with Gasteiger partial charge in [-0.1, -0.05) is 247 Å². The molecule has 0 radical (unpaired) electrons. The Morgan fingerprint density at radius 2 is 0.899 bits per heavy atom. The summed E-state index contributed by atoms with van der Waals surface area (Å²) in [5.41, 5.74) is 0. The Bertz CT molecular complexity index is 1310. The maximum atomic E-state index is 13.0. The number of amides is 1. The summed E-state index contributed by atoms with van der Waals surface area (Å²) in [5, 5.41) is 54.5. The maximum absolute atomic E-state index is 13.0. The molecule has 1 amide bonds. The third kappa shape index (κ3) is 38.9. The van der Waals surface area contributed by atoms with E-state index in [-0.39, 0.29) is 12.5 Å². The molecule has 1 heterocycles. The number of hydrogen-bond donors (Lipinski definition) is 6. The molecule has 400 valence electrons. The number of allylic oxidation sites excluding steroid dienone is 11. The summed E-state index contributed by atoms with van der Waals surface area (Å²) in [6.45, 7) is 3.66. The van der Waals surface area contributed by atoms with Gasteiger partial charge in [-0.05, 0) is 64.2 Å². The fraction of sp³-hybridized carbons (Fsp3) is 0.783. The lowest BCUT2D eigenvalue weighted by Gasteiger charge is -2.40. The zero-order chi connectivity index (χ0) is 50.1. The summed E-state index contributed by atoms with van der Waals surface area (Å²) in [5.74, 6) is -0.208. The Morgan fingerprint density at radius 1 is 0.507 bits per heavy atom. The van der Waals surface area contributed by atoms with E-state index < -0.39 is 49.5 Å². The summed E-state index contributed by atoms with van der Waals surface area (Å²) in [6, 6.07) is -0.827. The summed E-state index contributed by atoms with van der Waals surface area (Å²) in [6.07, 6.45) is 61.1. The van der Waals surface area contributed by atoms with Crippen LogP contribution in [0.15, 0.2) is 72.9 Å². The second kappa shape index (κ2) is 49.2. The van der Waals surface area contributed by atoms with Crippen molar-refractivity contribution in [1.82, 2.24) is 5.32 Å². The predicted molar refractivity (Wildman–Crippen MR) is 290 cm³/mol. The van der Waals surface area contributed by atoms with Gasteiger partial charge in [0.25, 0.3) is 0 Å². The van der Waals surface area contributed by atoms with Crippen LogP contribution in [-0.4, -0.2) is 87.5 Å². The van der Waals surface area contributed by atoms with Gasteiger partial charge in [-0.3, -0.25) is 4.79 Å². The first-order valence-electron chi connectivity index (χ1n) is 28.7. The molecule has 1 rings (SSSR count). The Morgan fingerprint density at radius 3 is 1.33 bits per heavy atom. The van der Waals surface area contributed by atoms with Crippen LogP contribution in [0.3, 0.4) is 0 Å². The summed E-state index contributed by atoms with van der Waals surface area (Å²) in [7, 11) is 0. The summed E-state index contributed by atoms with van der Waals surface area (Å²) < 4.78 is 11.3. The molecule has 1 aliphatic rings. The number of nitrogens with one attached hydrogen (secondary N) is 1. The van der Waals surface area contributed by atoms with Crippen molar-refractivity contribution in [3.8, 4) is 0 Å². The van der Waals surface area contributed by atoms with E-state index >= 15 is 0 Å². The van der Waals surface area contributed by atoms with Crippen LogP contribution in [0.4, 0.5) is 0 Å². The van der Waals surface area contributed by atoms with E-state index in [1.807, 2.05) is 6.08 Å². The smallest absolute Gasteiger partial charge is 0.220 e. The second-order valence-electron chi connectivity index (χ2n) is 19.7. The van der Waals surface area contributed by atoms with E-state index in [0.29, 0.717) is 12.8 Å². The monoisotopic (exact) mass is 970 g/mol. The molecule has 7 atom stereocenters. The standard InChI is InChI=1S/C60H107NO8/c1-3-5-7-9-11-13-15-17-19-21-23-24-25-26-27-28-29-30-32-33-35-37-39-41-43-45-47-49-54(63)53(52-68-60-59(67)58(66)57(65)55(51-62)69-60)61-56(64)50-48-46-44-42-40-38-36-34-31-22-20-18-16-14-12-10-8-6-4-2/h6,8,12,14,18,20,31,34,38,40,47,49,53-55,57-60,62-63,65-67H,3-5,7,9-11,13,15-17,19,21-30,32-33,35-37,39,41-46,48,50-52H2,1-2H3,(H,61,64)/b8-6-,14-12-,20-18-,34-31-,40-38-,49-47+. The molecule has 1 saturated heterocycles. The van der Waals surface area contributed by atoms with Crippen molar-refractivity contribution in [2.24, 2.45) is 0 Å². The van der Waals surface area contributed by atoms with Crippen molar-refractivity contribution < 1.29 is 39.8 Å². The van der Waals surface area contributed by atoms with Gasteiger partial charge in [-0.2, -0.15) is 0 Å². The molecular formula is C60H107NO8. The molecule has 69 heavy (non-hydrogen) atoms. The van der Waals surface area contributed by atoms with Crippen LogP contribution in [0.5, 0.6) is 0 Å². The van der Waals surface area contributed by atoms with Crippen LogP contribution in [0.25, 0.3) is 0 Å². The highest BCUT2D eigenvalue weighted by Gasteiger charge is 2.44. The number of aliphatic hydroxyl groups excluding tert-OH is 5. The number of unbranched alkanes of at least 4 members (excludes halogenated alkanes) is 28. The Hall–Kier alpha value is -2.37. The quantitative estimate of drug-likeness (QED) is 0.0261. The van der Waals surface area contributed by atoms with Gasteiger partial charge < -0.3 is 40.3 Å².